The first-order chi connectivity index (χ1) is 32.5. The van der Waals surface area contributed by atoms with Gasteiger partial charge in [0, 0.05) is 26.1 Å². The molecule has 0 aromatic rings. The number of carbonyl (C=O) groups excluding carboxylic acids is 10. The predicted octanol–water partition coefficient (Wildman–Crippen LogP) is -7.26. The molecule has 2 aliphatic heterocycles. The molecule has 0 aliphatic carbocycles. The van der Waals surface area contributed by atoms with Crippen molar-refractivity contribution < 1.29 is 67.7 Å². The minimum atomic E-state index is -1.79. The van der Waals surface area contributed by atoms with Gasteiger partial charge in [0.1, 0.15) is 42.3 Å². The normalized spacial score (nSPS) is 17.9. The van der Waals surface area contributed by atoms with Crippen LogP contribution in [0.5, 0.6) is 0 Å². The van der Waals surface area contributed by atoms with Gasteiger partial charge in [0.15, 0.2) is 5.96 Å². The summed E-state index contributed by atoms with van der Waals surface area (Å²) in [4.78, 5) is 160. The van der Waals surface area contributed by atoms with Gasteiger partial charge in [0.05, 0.1) is 25.4 Å². The molecule has 10 amide bonds. The summed E-state index contributed by atoms with van der Waals surface area (Å²) in [7, 11) is 0. The van der Waals surface area contributed by atoms with Crippen molar-refractivity contribution in [3.05, 3.63) is 0 Å². The van der Waals surface area contributed by atoms with Gasteiger partial charge in [0.2, 0.25) is 59.1 Å². The Morgan fingerprint density at radius 1 is 0.638 bits per heavy atom. The number of hydrogen-bond acceptors (Lipinski definition) is 15. The van der Waals surface area contributed by atoms with E-state index in [1.165, 1.54) is 11.8 Å². The third kappa shape index (κ3) is 19.9. The largest absolute Gasteiger partial charge is 0.481 e. The Morgan fingerprint density at radius 2 is 1.19 bits per heavy atom. The highest BCUT2D eigenvalue weighted by Gasteiger charge is 2.42. The first-order valence-corrected chi connectivity index (χ1v) is 22.4. The summed E-state index contributed by atoms with van der Waals surface area (Å²) in [5.41, 5.74) is 32.8. The molecule has 0 saturated carbocycles. The van der Waals surface area contributed by atoms with E-state index in [4.69, 9.17) is 39.5 Å². The molecule has 2 saturated heterocycles. The molecule has 0 aromatic carbocycles. The molecule has 8 atom stereocenters. The molecule has 386 valence electrons. The van der Waals surface area contributed by atoms with Crippen LogP contribution in [0.25, 0.3) is 0 Å². The molecule has 0 radical (unpaired) electrons. The lowest BCUT2D eigenvalue weighted by Gasteiger charge is -2.31. The predicted molar refractivity (Wildman–Crippen MR) is 241 cm³/mol. The second-order valence-electron chi connectivity index (χ2n) is 16.6. The molecule has 2 fully saturated rings. The van der Waals surface area contributed by atoms with Crippen LogP contribution in [0.4, 0.5) is 0 Å². The zero-order chi connectivity index (χ0) is 52.0. The van der Waals surface area contributed by atoms with Crippen molar-refractivity contribution in [2.45, 2.75) is 139 Å². The third-order valence-electron chi connectivity index (χ3n) is 11.1. The van der Waals surface area contributed by atoms with E-state index < -0.39 is 139 Å². The average molecular weight is 982 g/mol. The quantitative estimate of drug-likeness (QED) is 0.0181. The fraction of sp³-hybridized carbons (Fsp3) is 0.675. The highest BCUT2D eigenvalue weighted by Crippen LogP contribution is 2.22. The van der Waals surface area contributed by atoms with Crippen molar-refractivity contribution in [1.29, 1.82) is 0 Å². The number of hydrogen-bond donors (Lipinski definition) is 14. The summed E-state index contributed by atoms with van der Waals surface area (Å²) < 4.78 is 0. The number of amides is 10. The van der Waals surface area contributed by atoms with Gasteiger partial charge >= 0.3 is 11.9 Å². The van der Waals surface area contributed by atoms with Gasteiger partial charge in [-0.1, -0.05) is 0 Å². The Balaban J connectivity index is 2.25. The molecule has 0 bridgehead atoms. The minimum absolute atomic E-state index is 0.0183. The van der Waals surface area contributed by atoms with Crippen LogP contribution in [0.3, 0.4) is 0 Å². The minimum Gasteiger partial charge on any atom is -0.481 e. The van der Waals surface area contributed by atoms with E-state index >= 15 is 0 Å². The van der Waals surface area contributed by atoms with Crippen LogP contribution in [-0.4, -0.2) is 178 Å². The standard InChI is InChI=1S/C40H67N15O14/c1-20(49-33(62)21(42)11-12-28(43)56)32(61)48-19-30(58)50-22(8-4-14-47-40(45)46)37(66)54-15-5-9-26(54)35(64)52-24(17-29(44)57)34(63)51-23(7-2-3-13-41)38(67)55-16-6-10-27(55)36(65)53-25(39(68)69)18-31(59)60/h20-27H,2-19,41-42H2,1H3,(H2,43,56)(H2,44,57)(H,48,61)(H,49,62)(H,50,58)(H,51,63)(H,52,64)(H,53,65)(H,59,60)(H,68,69)(H4,45,46,47)/t20-,21-,22-,23-,24-,25-,26-,27-/m0/s1. The van der Waals surface area contributed by atoms with E-state index in [9.17, 15) is 62.6 Å². The van der Waals surface area contributed by atoms with Crippen LogP contribution < -0.4 is 66.3 Å². The monoisotopic (exact) mass is 981 g/mol. The lowest BCUT2D eigenvalue weighted by molar-refractivity contribution is -0.148. The number of guanidine groups is 1. The zero-order valence-corrected chi connectivity index (χ0v) is 38.4. The topological polar surface area (TPSA) is 492 Å². The second-order valence-corrected chi connectivity index (χ2v) is 16.6. The number of aliphatic carboxylic acids is 2. The number of carboxylic acid groups (broad SMARTS) is 2. The first-order valence-electron chi connectivity index (χ1n) is 22.4. The first kappa shape index (κ1) is 58.0. The number of aliphatic imine (C=N–C) groups is 1. The summed E-state index contributed by atoms with van der Waals surface area (Å²) in [6.07, 6.45) is -0.343. The van der Waals surface area contributed by atoms with E-state index in [0.29, 0.717) is 25.7 Å². The van der Waals surface area contributed by atoms with Gasteiger partial charge in [-0.3, -0.25) is 57.7 Å². The highest BCUT2D eigenvalue weighted by molar-refractivity contribution is 5.99. The Morgan fingerprint density at radius 3 is 1.70 bits per heavy atom. The maximum Gasteiger partial charge on any atom is 0.326 e. The maximum atomic E-state index is 14.1. The Labute approximate surface area is 396 Å². The van der Waals surface area contributed by atoms with E-state index in [0.717, 1.165) is 4.90 Å². The van der Waals surface area contributed by atoms with Gasteiger partial charge in [0.25, 0.3) is 0 Å². The van der Waals surface area contributed by atoms with Gasteiger partial charge in [-0.25, -0.2) is 4.79 Å². The van der Waals surface area contributed by atoms with Gasteiger partial charge in [-0.2, -0.15) is 0 Å². The molecule has 20 N–H and O–H groups in total. The van der Waals surface area contributed by atoms with Crippen LogP contribution in [0.2, 0.25) is 0 Å². The van der Waals surface area contributed by atoms with Gasteiger partial charge in [-0.15, -0.1) is 0 Å². The van der Waals surface area contributed by atoms with E-state index in [1.54, 1.807) is 0 Å². The molecule has 0 aromatic heterocycles. The Hall–Kier alpha value is -7.17. The Bertz CT molecular complexity index is 1930. The molecule has 0 unspecified atom stereocenters. The molecule has 0 spiro atoms. The lowest BCUT2D eigenvalue weighted by Crippen LogP contribution is -2.59. The summed E-state index contributed by atoms with van der Waals surface area (Å²) in [5.74, 6) is -11.7. The maximum absolute atomic E-state index is 14.1. The van der Waals surface area contributed by atoms with Gasteiger partial charge < -0.3 is 86.3 Å². The number of nitrogens with zero attached hydrogens (tertiary/aromatic N) is 3. The third-order valence-corrected chi connectivity index (χ3v) is 11.1. The highest BCUT2D eigenvalue weighted by atomic mass is 16.4. The molecule has 69 heavy (non-hydrogen) atoms. The molecule has 2 heterocycles. The van der Waals surface area contributed by atoms with Crippen molar-refractivity contribution in [2.24, 2.45) is 39.4 Å². The number of primary amides is 2. The number of nitrogens with two attached hydrogens (primary N) is 6. The number of carbonyl (C=O) groups is 12. The van der Waals surface area contributed by atoms with Crippen LogP contribution in [0, 0.1) is 0 Å². The number of carboxylic acids is 2. The van der Waals surface area contributed by atoms with Crippen molar-refractivity contribution in [1.82, 2.24) is 41.7 Å². The summed E-state index contributed by atoms with van der Waals surface area (Å²) in [5, 5.41) is 32.9. The van der Waals surface area contributed by atoms with Crippen molar-refractivity contribution >= 4 is 77.0 Å². The SMILES string of the molecule is C[C@H](NC(=O)[C@@H](N)CCC(N)=O)C(=O)NCC(=O)N[C@@H](CCCN=C(N)N)C(=O)N1CCC[C@H]1C(=O)N[C@@H](CC(N)=O)C(=O)N[C@@H](CCCCN)C(=O)N1CCC[C@H]1C(=O)N[C@@H](CC(=O)O)C(=O)O. The molecular weight excluding hydrogens is 915 g/mol. The van der Waals surface area contributed by atoms with E-state index in [2.05, 4.69) is 36.9 Å². The fourth-order valence-electron chi connectivity index (χ4n) is 7.49. The smallest absolute Gasteiger partial charge is 0.326 e. The fourth-order valence-corrected chi connectivity index (χ4v) is 7.49. The molecule has 2 aliphatic rings. The lowest BCUT2D eigenvalue weighted by atomic mass is 10.0. The number of nitrogens with one attached hydrogen (secondary N) is 6. The van der Waals surface area contributed by atoms with Crippen molar-refractivity contribution in [3.63, 3.8) is 0 Å². The molecule has 29 nitrogen and oxygen atoms in total. The second kappa shape index (κ2) is 28.9. The van der Waals surface area contributed by atoms with Crippen LogP contribution in [0.15, 0.2) is 4.99 Å². The summed E-state index contributed by atoms with van der Waals surface area (Å²) >= 11 is 0. The molecular formula is C40H67N15O14. The summed E-state index contributed by atoms with van der Waals surface area (Å²) in [6, 6.07) is -10.9. The van der Waals surface area contributed by atoms with Crippen LogP contribution in [0.1, 0.15) is 90.4 Å². The Kier molecular flexibility index (Phi) is 24.3. The molecule has 2 rings (SSSR count). The van der Waals surface area contributed by atoms with E-state index in [1.807, 2.05) is 0 Å². The van der Waals surface area contributed by atoms with Gasteiger partial charge in [-0.05, 0) is 77.7 Å². The van der Waals surface area contributed by atoms with Crippen molar-refractivity contribution in [3.8, 4) is 0 Å². The number of rotatable bonds is 30. The number of unbranched alkanes of at least 4 members (excludes halogenated alkanes) is 1. The molecule has 29 heteroatoms. The van der Waals surface area contributed by atoms with Crippen LogP contribution >= 0.6 is 0 Å². The van der Waals surface area contributed by atoms with Crippen LogP contribution in [-0.2, 0) is 57.5 Å². The number of likely N-dealkylation sites (tertiary alicyclic amines) is 2. The van der Waals surface area contributed by atoms with E-state index in [-0.39, 0.29) is 77.1 Å². The zero-order valence-electron chi connectivity index (χ0n) is 38.4. The summed E-state index contributed by atoms with van der Waals surface area (Å²) in [6.45, 7) is 0.968. The van der Waals surface area contributed by atoms with Crippen molar-refractivity contribution in [2.75, 3.05) is 32.7 Å². The average Bonchev–Trinajstić information content (AvgIpc) is 3.98.